The van der Waals surface area contributed by atoms with Gasteiger partial charge in [0.25, 0.3) is 0 Å². The van der Waals surface area contributed by atoms with Gasteiger partial charge in [0.05, 0.1) is 26.2 Å². The summed E-state index contributed by atoms with van der Waals surface area (Å²) in [7, 11) is 1.58. The molecule has 0 radical (unpaired) electrons. The second-order valence-electron chi connectivity index (χ2n) is 9.79. The molecular weight excluding hydrogens is 490 g/mol. The fourth-order valence-electron chi connectivity index (χ4n) is 5.23. The molecule has 0 bridgehead atoms. The number of nitrogens with zero attached hydrogens (tertiary/aromatic N) is 2. The summed E-state index contributed by atoms with van der Waals surface area (Å²) in [4.78, 5) is 30.9. The van der Waals surface area contributed by atoms with Gasteiger partial charge in [0.15, 0.2) is 11.6 Å². The van der Waals surface area contributed by atoms with Crippen molar-refractivity contribution in [2.75, 3.05) is 39.9 Å². The fraction of sp³-hybridized carbons (Fsp3) is 0.533. The number of esters is 1. The summed E-state index contributed by atoms with van der Waals surface area (Å²) in [6.45, 7) is 7.93. The maximum Gasteiger partial charge on any atom is 0.311 e. The van der Waals surface area contributed by atoms with Crippen molar-refractivity contribution in [3.05, 3.63) is 65.2 Å². The van der Waals surface area contributed by atoms with Crippen LogP contribution >= 0.6 is 0 Å². The Balaban J connectivity index is 2.03. The third-order valence-electron chi connectivity index (χ3n) is 7.24. The van der Waals surface area contributed by atoms with Crippen LogP contribution in [0.25, 0.3) is 0 Å². The zero-order valence-corrected chi connectivity index (χ0v) is 22.9. The van der Waals surface area contributed by atoms with Crippen LogP contribution in [0.15, 0.2) is 42.5 Å². The Labute approximate surface area is 224 Å². The number of rotatable bonds is 13. The number of hydrogen-bond donors (Lipinski definition) is 0. The van der Waals surface area contributed by atoms with Crippen LogP contribution in [0.4, 0.5) is 8.78 Å². The third-order valence-corrected chi connectivity index (χ3v) is 7.24. The van der Waals surface area contributed by atoms with E-state index in [1.54, 1.807) is 14.0 Å². The van der Waals surface area contributed by atoms with Gasteiger partial charge in [-0.3, -0.25) is 14.5 Å². The van der Waals surface area contributed by atoms with E-state index in [-0.39, 0.29) is 19.1 Å². The zero-order chi connectivity index (χ0) is 27.7. The van der Waals surface area contributed by atoms with E-state index >= 15 is 0 Å². The van der Waals surface area contributed by atoms with Crippen LogP contribution in [0, 0.1) is 17.6 Å². The first-order valence-corrected chi connectivity index (χ1v) is 13.6. The number of halogens is 2. The number of ether oxygens (including phenoxy) is 2. The van der Waals surface area contributed by atoms with Gasteiger partial charge in [0.1, 0.15) is 5.75 Å². The topological polar surface area (TPSA) is 59.1 Å². The molecule has 0 N–H and O–H groups in total. The van der Waals surface area contributed by atoms with E-state index < -0.39 is 35.5 Å². The van der Waals surface area contributed by atoms with Crippen LogP contribution in [0.5, 0.6) is 5.75 Å². The Morgan fingerprint density at radius 1 is 0.947 bits per heavy atom. The van der Waals surface area contributed by atoms with E-state index in [4.69, 9.17) is 9.47 Å². The molecule has 0 aromatic heterocycles. The lowest BCUT2D eigenvalue weighted by Crippen LogP contribution is -2.42. The first kappa shape index (κ1) is 29.6. The summed E-state index contributed by atoms with van der Waals surface area (Å²) in [6.07, 6.45) is 3.80. The van der Waals surface area contributed by atoms with Crippen molar-refractivity contribution in [3.63, 3.8) is 0 Å². The molecule has 1 aliphatic heterocycles. The van der Waals surface area contributed by atoms with Gasteiger partial charge in [0, 0.05) is 31.6 Å². The highest BCUT2D eigenvalue weighted by Crippen LogP contribution is 2.46. The van der Waals surface area contributed by atoms with Gasteiger partial charge in [-0.05, 0) is 55.2 Å². The van der Waals surface area contributed by atoms with E-state index in [2.05, 4.69) is 13.8 Å². The minimum atomic E-state index is -0.967. The number of carbonyl (C=O) groups is 2. The summed E-state index contributed by atoms with van der Waals surface area (Å²) in [5.41, 5.74) is 1.33. The Bertz CT molecular complexity index is 1050. The van der Waals surface area contributed by atoms with Crippen molar-refractivity contribution in [3.8, 4) is 5.75 Å². The minimum absolute atomic E-state index is 0.000966. The molecule has 0 saturated carbocycles. The number of benzene rings is 2. The zero-order valence-electron chi connectivity index (χ0n) is 22.9. The van der Waals surface area contributed by atoms with E-state index in [0.29, 0.717) is 30.9 Å². The minimum Gasteiger partial charge on any atom is -0.497 e. The Morgan fingerprint density at radius 3 is 2.13 bits per heavy atom. The summed E-state index contributed by atoms with van der Waals surface area (Å²) < 4.78 is 38.9. The number of unbranched alkanes of at least 4 members (excludes halogenated alkanes) is 2. The quantitative estimate of drug-likeness (QED) is 0.310. The molecule has 6 nitrogen and oxygen atoms in total. The van der Waals surface area contributed by atoms with Crippen molar-refractivity contribution in [2.24, 2.45) is 5.92 Å². The van der Waals surface area contributed by atoms with Crippen molar-refractivity contribution >= 4 is 11.9 Å². The monoisotopic (exact) mass is 530 g/mol. The molecule has 1 amide bonds. The van der Waals surface area contributed by atoms with Crippen molar-refractivity contribution < 1.29 is 27.8 Å². The maximum absolute atomic E-state index is 14.3. The number of methoxy groups -OCH3 is 1. The SMILES string of the molecule is CCCCN(CCCC)C(=O)CN1C[C@H](c2ccc(F)c(F)c2)[C@@H](C(=O)OCC)[C@@H]1c1ccc(OC)cc1. The normalized spacial score (nSPS) is 19.4. The molecule has 0 aliphatic carbocycles. The predicted molar refractivity (Wildman–Crippen MR) is 143 cm³/mol. The standard InChI is InChI=1S/C30H40F2N2O4/c1-5-8-16-33(17-9-6-2)27(35)20-34-19-24(22-12-15-25(31)26(32)18-22)28(30(36)38-7-3)29(34)21-10-13-23(37-4)14-11-21/h10-15,18,24,28-29H,5-9,16-17,19-20H2,1-4H3/t24-,28-,29+/m1/s1. The lowest BCUT2D eigenvalue weighted by molar-refractivity contribution is -0.150. The van der Waals surface area contributed by atoms with Crippen molar-refractivity contribution in [1.82, 2.24) is 9.80 Å². The Hall–Kier alpha value is -3.00. The molecule has 1 saturated heterocycles. The van der Waals surface area contributed by atoms with Crippen LogP contribution in [0.3, 0.4) is 0 Å². The highest BCUT2D eigenvalue weighted by atomic mass is 19.2. The van der Waals surface area contributed by atoms with E-state index in [1.807, 2.05) is 34.1 Å². The molecule has 3 atom stereocenters. The van der Waals surface area contributed by atoms with E-state index in [0.717, 1.165) is 43.4 Å². The van der Waals surface area contributed by atoms with Crippen LogP contribution < -0.4 is 4.74 Å². The van der Waals surface area contributed by atoms with Gasteiger partial charge in [-0.15, -0.1) is 0 Å². The number of likely N-dealkylation sites (tertiary alicyclic amines) is 1. The largest absolute Gasteiger partial charge is 0.497 e. The second kappa shape index (κ2) is 14.2. The molecule has 1 heterocycles. The average Bonchev–Trinajstić information content (AvgIpc) is 3.29. The summed E-state index contributed by atoms with van der Waals surface area (Å²) in [6, 6.07) is 10.7. The van der Waals surface area contributed by atoms with E-state index in [9.17, 15) is 18.4 Å². The molecule has 38 heavy (non-hydrogen) atoms. The number of carbonyl (C=O) groups excluding carboxylic acids is 2. The van der Waals surface area contributed by atoms with Crippen LogP contribution in [0.2, 0.25) is 0 Å². The molecule has 0 unspecified atom stereocenters. The molecule has 1 aliphatic rings. The summed E-state index contributed by atoms with van der Waals surface area (Å²) >= 11 is 0. The first-order chi connectivity index (χ1) is 18.3. The molecule has 208 valence electrons. The summed E-state index contributed by atoms with van der Waals surface area (Å²) in [5.74, 6) is -2.86. The molecule has 0 spiro atoms. The highest BCUT2D eigenvalue weighted by molar-refractivity contribution is 5.79. The van der Waals surface area contributed by atoms with Crippen molar-refractivity contribution in [1.29, 1.82) is 0 Å². The number of amides is 1. The molecule has 3 rings (SSSR count). The van der Waals surface area contributed by atoms with Crippen molar-refractivity contribution in [2.45, 2.75) is 58.4 Å². The predicted octanol–water partition coefficient (Wildman–Crippen LogP) is 5.72. The highest BCUT2D eigenvalue weighted by Gasteiger charge is 2.48. The van der Waals surface area contributed by atoms with Gasteiger partial charge in [0.2, 0.25) is 5.91 Å². The summed E-state index contributed by atoms with van der Waals surface area (Å²) in [5, 5.41) is 0. The molecule has 2 aromatic carbocycles. The average molecular weight is 531 g/mol. The van der Waals surface area contributed by atoms with Gasteiger partial charge < -0.3 is 14.4 Å². The Kier molecular flexibility index (Phi) is 11.1. The van der Waals surface area contributed by atoms with Crippen LogP contribution in [-0.2, 0) is 14.3 Å². The second-order valence-corrected chi connectivity index (χ2v) is 9.79. The number of hydrogen-bond acceptors (Lipinski definition) is 5. The fourth-order valence-corrected chi connectivity index (χ4v) is 5.23. The van der Waals surface area contributed by atoms with Gasteiger partial charge >= 0.3 is 5.97 Å². The van der Waals surface area contributed by atoms with Gasteiger partial charge in [-0.1, -0.05) is 44.9 Å². The molecule has 1 fully saturated rings. The molecule has 8 heteroatoms. The lowest BCUT2D eigenvalue weighted by Gasteiger charge is -2.30. The smallest absolute Gasteiger partial charge is 0.311 e. The van der Waals surface area contributed by atoms with Crippen LogP contribution in [0.1, 0.15) is 69.5 Å². The maximum atomic E-state index is 14.3. The van der Waals surface area contributed by atoms with E-state index in [1.165, 1.54) is 6.07 Å². The molecule has 2 aromatic rings. The Morgan fingerprint density at radius 2 is 1.58 bits per heavy atom. The first-order valence-electron chi connectivity index (χ1n) is 13.6. The van der Waals surface area contributed by atoms with Gasteiger partial charge in [-0.25, -0.2) is 8.78 Å². The molecular formula is C30H40F2N2O4. The lowest BCUT2D eigenvalue weighted by atomic mass is 9.82. The third kappa shape index (κ3) is 7.10. The van der Waals surface area contributed by atoms with Crippen LogP contribution in [-0.4, -0.2) is 61.6 Å². The van der Waals surface area contributed by atoms with Gasteiger partial charge in [-0.2, -0.15) is 0 Å².